The van der Waals surface area contributed by atoms with Gasteiger partial charge in [0.2, 0.25) is 0 Å². The number of hydrogen-bond donors (Lipinski definition) is 1. The molecule has 1 amide bonds. The van der Waals surface area contributed by atoms with E-state index in [-0.39, 0.29) is 30.3 Å². The van der Waals surface area contributed by atoms with Gasteiger partial charge in [0.15, 0.2) is 5.60 Å². The molecule has 0 radical (unpaired) electrons. The normalized spacial score (nSPS) is 23.4. The Labute approximate surface area is 185 Å². The summed E-state index contributed by atoms with van der Waals surface area (Å²) in [6.45, 7) is 5.47. The maximum absolute atomic E-state index is 14.6. The summed E-state index contributed by atoms with van der Waals surface area (Å²) >= 11 is 0. The predicted octanol–water partition coefficient (Wildman–Crippen LogP) is 3.50. The molecule has 166 valence electrons. The van der Waals surface area contributed by atoms with E-state index >= 15 is 0 Å². The number of hydrogen-bond acceptors (Lipinski definition) is 5. The number of esters is 1. The number of cyclic esters (lactones) is 1. The minimum Gasteiger partial charge on any atom is -0.458 e. The molecule has 0 saturated carbocycles. The Balaban J connectivity index is 1.63. The minimum absolute atomic E-state index is 0.115. The first-order chi connectivity index (χ1) is 15.3. The monoisotopic (exact) mass is 436 g/mol. The molecule has 6 nitrogen and oxygen atoms in total. The Morgan fingerprint density at radius 1 is 1.34 bits per heavy atom. The number of rotatable bonds is 2. The molecule has 1 aliphatic carbocycles. The van der Waals surface area contributed by atoms with Gasteiger partial charge in [-0.3, -0.25) is 4.79 Å². The molecule has 0 unspecified atom stereocenters. The van der Waals surface area contributed by atoms with E-state index < -0.39 is 11.6 Å². The number of aliphatic hydroxyl groups is 1. The number of carbonyl (C=O) groups is 2. The topological polar surface area (TPSA) is 79.7 Å². The van der Waals surface area contributed by atoms with E-state index in [9.17, 15) is 19.1 Å². The van der Waals surface area contributed by atoms with Crippen LogP contribution in [0.3, 0.4) is 0 Å². The molecule has 1 aromatic heterocycles. The Kier molecular flexibility index (Phi) is 4.71. The smallest absolute Gasteiger partial charge is 0.342 e. The first kappa shape index (κ1) is 20.8. The van der Waals surface area contributed by atoms with Crippen molar-refractivity contribution in [3.05, 3.63) is 57.6 Å². The summed E-state index contributed by atoms with van der Waals surface area (Å²) in [5, 5.41) is 11.5. The van der Waals surface area contributed by atoms with E-state index in [2.05, 4.69) is 0 Å². The second-order valence-electron chi connectivity index (χ2n) is 8.72. The van der Waals surface area contributed by atoms with E-state index in [0.717, 1.165) is 41.3 Å². The van der Waals surface area contributed by atoms with Crippen LogP contribution in [0.1, 0.15) is 54.6 Å². The lowest BCUT2D eigenvalue weighted by molar-refractivity contribution is -0.162. The maximum Gasteiger partial charge on any atom is 0.342 e. The molecule has 3 aliphatic rings. The fourth-order valence-electron chi connectivity index (χ4n) is 5.15. The maximum atomic E-state index is 14.6. The Morgan fingerprint density at radius 2 is 2.09 bits per heavy atom. The number of nitrogens with zero attached hydrogens (tertiary/aromatic N) is 2. The molecule has 7 heteroatoms. The second kappa shape index (κ2) is 7.24. The van der Waals surface area contributed by atoms with Crippen LogP contribution in [0.25, 0.3) is 16.6 Å². The van der Waals surface area contributed by atoms with Gasteiger partial charge in [0.05, 0.1) is 29.0 Å². The van der Waals surface area contributed by atoms with Gasteiger partial charge in [0, 0.05) is 17.0 Å². The van der Waals surface area contributed by atoms with Gasteiger partial charge in [-0.1, -0.05) is 13.0 Å². The number of fused-ring (bicyclic) bond motifs is 2. The van der Waals surface area contributed by atoms with E-state index in [4.69, 9.17) is 9.72 Å². The van der Waals surface area contributed by atoms with Crippen molar-refractivity contribution in [2.45, 2.75) is 58.6 Å². The molecule has 0 spiro atoms. The van der Waals surface area contributed by atoms with Crippen molar-refractivity contribution in [3.8, 4) is 0 Å². The zero-order valence-corrected chi connectivity index (χ0v) is 18.4. The summed E-state index contributed by atoms with van der Waals surface area (Å²) < 4.78 is 19.7. The third kappa shape index (κ3) is 2.84. The quantitative estimate of drug-likeness (QED) is 0.729. The molecule has 1 aromatic carbocycles. The van der Waals surface area contributed by atoms with Crippen LogP contribution in [-0.2, 0) is 33.7 Å². The van der Waals surface area contributed by atoms with Crippen molar-refractivity contribution in [2.75, 3.05) is 6.61 Å². The van der Waals surface area contributed by atoms with Crippen molar-refractivity contribution in [3.63, 3.8) is 0 Å². The number of aromatic nitrogens is 1. The fourth-order valence-corrected chi connectivity index (χ4v) is 5.15. The number of amides is 1. The van der Waals surface area contributed by atoms with Crippen LogP contribution in [0.2, 0.25) is 0 Å². The molecule has 0 saturated heterocycles. The molecule has 2 aliphatic heterocycles. The van der Waals surface area contributed by atoms with Crippen LogP contribution in [-0.4, -0.2) is 39.1 Å². The van der Waals surface area contributed by atoms with Crippen molar-refractivity contribution >= 4 is 28.5 Å². The molecule has 3 heterocycles. The van der Waals surface area contributed by atoms with Gasteiger partial charge in [-0.2, -0.15) is 0 Å². The number of allylic oxidation sites excluding steroid dienone is 1. The largest absolute Gasteiger partial charge is 0.458 e. The first-order valence-corrected chi connectivity index (χ1v) is 11.0. The molecule has 32 heavy (non-hydrogen) atoms. The highest BCUT2D eigenvalue weighted by molar-refractivity contribution is 6.03. The second-order valence-corrected chi connectivity index (χ2v) is 8.72. The molecule has 0 bridgehead atoms. The van der Waals surface area contributed by atoms with Gasteiger partial charge in [0.1, 0.15) is 12.4 Å². The lowest BCUT2D eigenvalue weighted by Crippen LogP contribution is -2.43. The SMILES string of the molecule is C/C=C1/c2nc3cc(F)c(C)c4c3c(c2CN1C(=O)C1=C[C@@](O)(CC)C(=O)OC1)CCC4. The molecular weight excluding hydrogens is 411 g/mol. The Hall–Kier alpha value is -3.06. The van der Waals surface area contributed by atoms with Crippen LogP contribution in [0.15, 0.2) is 23.8 Å². The third-order valence-corrected chi connectivity index (χ3v) is 6.98. The Morgan fingerprint density at radius 3 is 2.81 bits per heavy atom. The molecule has 1 N–H and O–H groups in total. The first-order valence-electron chi connectivity index (χ1n) is 11.0. The molecular formula is C25H25FN2O4. The van der Waals surface area contributed by atoms with Gasteiger partial charge in [-0.15, -0.1) is 0 Å². The highest BCUT2D eigenvalue weighted by Gasteiger charge is 2.41. The summed E-state index contributed by atoms with van der Waals surface area (Å²) in [4.78, 5) is 31.8. The van der Waals surface area contributed by atoms with E-state index in [1.54, 1.807) is 11.8 Å². The number of aryl methyl sites for hydroxylation is 2. The van der Waals surface area contributed by atoms with Gasteiger partial charge in [0.25, 0.3) is 5.91 Å². The molecule has 0 fully saturated rings. The average Bonchev–Trinajstić information content (AvgIpc) is 3.17. The molecule has 1 atom stereocenters. The summed E-state index contributed by atoms with van der Waals surface area (Å²) in [7, 11) is 0. The predicted molar refractivity (Wildman–Crippen MR) is 117 cm³/mol. The zero-order chi connectivity index (χ0) is 22.8. The molecule has 5 rings (SSSR count). The van der Waals surface area contributed by atoms with E-state index in [1.807, 2.05) is 19.9 Å². The van der Waals surface area contributed by atoms with Crippen LogP contribution >= 0.6 is 0 Å². The number of ether oxygens (including phenoxy) is 1. The van der Waals surface area contributed by atoms with Crippen LogP contribution in [0, 0.1) is 12.7 Å². The Bertz CT molecular complexity index is 1260. The average molecular weight is 436 g/mol. The van der Waals surface area contributed by atoms with Gasteiger partial charge < -0.3 is 14.7 Å². The third-order valence-electron chi connectivity index (χ3n) is 6.98. The van der Waals surface area contributed by atoms with Crippen LogP contribution in [0.4, 0.5) is 4.39 Å². The lowest BCUT2D eigenvalue weighted by atomic mass is 9.85. The lowest BCUT2D eigenvalue weighted by Gasteiger charge is -2.28. The van der Waals surface area contributed by atoms with Crippen LogP contribution in [0.5, 0.6) is 0 Å². The van der Waals surface area contributed by atoms with E-state index in [1.165, 1.54) is 12.1 Å². The standard InChI is InChI=1S/C25H25FN2O4/c1-4-20-22-17(11-28(20)23(29)14-10-25(31,5-2)24(30)32-12-14)16-8-6-7-15-13(3)18(26)9-19(27-22)21(15)16/h4,9-10,31H,5-8,11-12H2,1-3H3/b20-4-/t25-/m0/s1. The summed E-state index contributed by atoms with van der Waals surface area (Å²) in [5.74, 6) is -1.33. The highest BCUT2D eigenvalue weighted by atomic mass is 19.1. The highest BCUT2D eigenvalue weighted by Crippen LogP contribution is 2.42. The summed E-state index contributed by atoms with van der Waals surface area (Å²) in [6, 6.07) is 1.49. The van der Waals surface area contributed by atoms with Gasteiger partial charge in [-0.25, -0.2) is 14.2 Å². The number of pyridine rings is 1. The number of benzene rings is 1. The number of halogens is 1. The van der Waals surface area contributed by atoms with Gasteiger partial charge in [-0.05, 0) is 62.3 Å². The van der Waals surface area contributed by atoms with Crippen LogP contribution < -0.4 is 0 Å². The minimum atomic E-state index is -1.80. The van der Waals surface area contributed by atoms with Crippen molar-refractivity contribution in [2.24, 2.45) is 0 Å². The van der Waals surface area contributed by atoms with Crippen molar-refractivity contribution in [1.82, 2.24) is 9.88 Å². The molecule has 2 aromatic rings. The zero-order valence-electron chi connectivity index (χ0n) is 18.4. The van der Waals surface area contributed by atoms with E-state index in [0.29, 0.717) is 29.0 Å². The fraction of sp³-hybridized carbons (Fsp3) is 0.400. The summed E-state index contributed by atoms with van der Waals surface area (Å²) in [6.07, 6.45) is 5.86. The summed E-state index contributed by atoms with van der Waals surface area (Å²) in [5.41, 5.74) is 4.22. The van der Waals surface area contributed by atoms with Crippen molar-refractivity contribution < 1.29 is 23.8 Å². The van der Waals surface area contributed by atoms with Gasteiger partial charge >= 0.3 is 5.97 Å². The van der Waals surface area contributed by atoms with Crippen molar-refractivity contribution in [1.29, 1.82) is 0 Å². The number of carbonyl (C=O) groups excluding carboxylic acids is 2.